The van der Waals surface area contributed by atoms with Crippen molar-refractivity contribution in [1.82, 2.24) is 19.4 Å². The van der Waals surface area contributed by atoms with Gasteiger partial charge in [-0.05, 0) is 43.0 Å². The lowest BCUT2D eigenvalue weighted by molar-refractivity contribution is 0.553. The third-order valence-corrected chi connectivity index (χ3v) is 4.98. The van der Waals surface area contributed by atoms with Crippen LogP contribution in [-0.2, 0) is 0 Å². The summed E-state index contributed by atoms with van der Waals surface area (Å²) in [5.41, 5.74) is 3.75. The van der Waals surface area contributed by atoms with Crippen molar-refractivity contribution in [1.29, 1.82) is 0 Å². The van der Waals surface area contributed by atoms with E-state index in [1.54, 1.807) is 10.6 Å². The van der Waals surface area contributed by atoms with Gasteiger partial charge in [0.15, 0.2) is 17.3 Å². The van der Waals surface area contributed by atoms with Crippen LogP contribution in [0.4, 0.5) is 10.1 Å². The molecular weight excluding hydrogens is 377 g/mol. The van der Waals surface area contributed by atoms with Crippen LogP contribution in [0.2, 0.25) is 0 Å². The van der Waals surface area contributed by atoms with Gasteiger partial charge in [-0.3, -0.25) is 0 Å². The normalized spacial score (nSPS) is 11.9. The van der Waals surface area contributed by atoms with E-state index in [0.29, 0.717) is 28.9 Å². The minimum Gasteiger partial charge on any atom is -0.371 e. The first-order valence-corrected chi connectivity index (χ1v) is 10.5. The molecule has 3 aromatic heterocycles. The number of aromatic nitrogens is 4. The lowest BCUT2D eigenvalue weighted by Crippen LogP contribution is -2.31. The van der Waals surface area contributed by atoms with Crippen LogP contribution in [-0.4, -0.2) is 32.4 Å². The van der Waals surface area contributed by atoms with Crippen molar-refractivity contribution >= 4 is 22.2 Å². The van der Waals surface area contributed by atoms with Gasteiger partial charge in [0.05, 0.1) is 11.2 Å². The maximum absolute atomic E-state index is 14.5. The molecule has 1 aromatic carbocycles. The van der Waals surface area contributed by atoms with Crippen molar-refractivity contribution < 1.29 is 4.39 Å². The Morgan fingerprint density at radius 3 is 2.43 bits per heavy atom. The fourth-order valence-corrected chi connectivity index (χ4v) is 3.83. The Bertz CT molecular complexity index is 1190. The average Bonchev–Trinajstić information content (AvgIpc) is 3.07. The van der Waals surface area contributed by atoms with Crippen LogP contribution in [0.3, 0.4) is 0 Å². The summed E-state index contributed by atoms with van der Waals surface area (Å²) in [7, 11) is 0. The van der Waals surface area contributed by atoms with E-state index < -0.39 is 0 Å². The number of aryl methyl sites for hydroxylation is 1. The van der Waals surface area contributed by atoms with Gasteiger partial charge >= 0.3 is 0 Å². The number of hydrogen-bond donors (Lipinski definition) is 0. The maximum atomic E-state index is 14.5. The SMILES string of the molecule is Cc1cn2cc(-c3ncc4cc(N(CC(C)C)CC(C)C)ccc4n3)cc(F)c2n1. The molecule has 4 aromatic rings. The molecule has 0 aliphatic carbocycles. The Morgan fingerprint density at radius 1 is 1.00 bits per heavy atom. The monoisotopic (exact) mass is 405 g/mol. The standard InChI is InChI=1S/C24H28FN5/c1-15(2)11-29(12-16(3)4)20-6-7-22-18(8-20)10-26-23(28-22)19-9-21(25)24-27-17(5)13-30(24)14-19/h6-10,13-16H,11-12H2,1-5H3. The van der Waals surface area contributed by atoms with E-state index in [9.17, 15) is 4.39 Å². The molecule has 0 amide bonds. The van der Waals surface area contributed by atoms with Crippen molar-refractivity contribution in [2.45, 2.75) is 34.6 Å². The Labute approximate surface area is 176 Å². The molecule has 0 aliphatic rings. The molecule has 0 saturated carbocycles. The molecule has 0 saturated heterocycles. The lowest BCUT2D eigenvalue weighted by Gasteiger charge is -2.28. The number of halogens is 1. The molecule has 30 heavy (non-hydrogen) atoms. The van der Waals surface area contributed by atoms with E-state index in [1.165, 1.54) is 11.8 Å². The number of rotatable bonds is 6. The fourth-order valence-electron chi connectivity index (χ4n) is 3.83. The second-order valence-corrected chi connectivity index (χ2v) is 8.82. The van der Waals surface area contributed by atoms with Crippen molar-refractivity contribution in [3.63, 3.8) is 0 Å². The van der Waals surface area contributed by atoms with Crippen LogP contribution in [0, 0.1) is 24.6 Å². The van der Waals surface area contributed by atoms with Crippen LogP contribution in [0.15, 0.2) is 42.9 Å². The minimum atomic E-state index is -0.377. The van der Waals surface area contributed by atoms with Gasteiger partial charge in [0, 0.05) is 48.3 Å². The van der Waals surface area contributed by atoms with Crippen LogP contribution in [0.5, 0.6) is 0 Å². The summed E-state index contributed by atoms with van der Waals surface area (Å²) in [5, 5.41) is 0.980. The topological polar surface area (TPSA) is 46.3 Å². The molecule has 5 nitrogen and oxygen atoms in total. The molecule has 3 heterocycles. The quantitative estimate of drug-likeness (QED) is 0.424. The van der Waals surface area contributed by atoms with Crippen LogP contribution >= 0.6 is 0 Å². The molecule has 0 atom stereocenters. The zero-order chi connectivity index (χ0) is 21.4. The maximum Gasteiger partial charge on any atom is 0.173 e. The number of fused-ring (bicyclic) bond motifs is 2. The first-order valence-electron chi connectivity index (χ1n) is 10.5. The van der Waals surface area contributed by atoms with Gasteiger partial charge in [-0.15, -0.1) is 0 Å². The molecular formula is C24H28FN5. The highest BCUT2D eigenvalue weighted by molar-refractivity contribution is 5.83. The molecule has 4 rings (SSSR count). The van der Waals surface area contributed by atoms with Gasteiger partial charge in [-0.2, -0.15) is 0 Å². The predicted octanol–water partition coefficient (Wildman–Crippen LogP) is 5.51. The molecule has 156 valence electrons. The van der Waals surface area contributed by atoms with E-state index in [2.05, 4.69) is 54.7 Å². The van der Waals surface area contributed by atoms with Gasteiger partial charge in [-0.1, -0.05) is 27.7 Å². The summed E-state index contributed by atoms with van der Waals surface area (Å²) < 4.78 is 16.2. The summed E-state index contributed by atoms with van der Waals surface area (Å²) >= 11 is 0. The zero-order valence-electron chi connectivity index (χ0n) is 18.2. The van der Waals surface area contributed by atoms with Crippen molar-refractivity contribution in [2.75, 3.05) is 18.0 Å². The molecule has 0 spiro atoms. The van der Waals surface area contributed by atoms with E-state index in [-0.39, 0.29) is 5.82 Å². The van der Waals surface area contributed by atoms with Gasteiger partial charge in [0.2, 0.25) is 0 Å². The number of nitrogens with zero attached hydrogens (tertiary/aromatic N) is 5. The van der Waals surface area contributed by atoms with Crippen LogP contribution in [0.25, 0.3) is 27.9 Å². The number of benzene rings is 1. The molecule has 0 bridgehead atoms. The summed E-state index contributed by atoms with van der Waals surface area (Å²) in [5.74, 6) is 1.28. The van der Waals surface area contributed by atoms with Crippen molar-refractivity contribution in [3.8, 4) is 11.4 Å². The molecule has 0 fully saturated rings. The minimum absolute atomic E-state index is 0.317. The number of anilines is 1. The Kier molecular flexibility index (Phi) is 5.41. The molecule has 0 aliphatic heterocycles. The number of pyridine rings is 1. The second kappa shape index (κ2) is 8.01. The first-order chi connectivity index (χ1) is 14.3. The second-order valence-electron chi connectivity index (χ2n) is 8.82. The Balaban J connectivity index is 1.71. The predicted molar refractivity (Wildman–Crippen MR) is 120 cm³/mol. The summed E-state index contributed by atoms with van der Waals surface area (Å²) in [6, 6.07) is 7.74. The third kappa shape index (κ3) is 4.13. The van der Waals surface area contributed by atoms with E-state index in [0.717, 1.165) is 29.7 Å². The molecule has 6 heteroatoms. The van der Waals surface area contributed by atoms with Crippen LogP contribution in [0.1, 0.15) is 33.4 Å². The smallest absolute Gasteiger partial charge is 0.173 e. The first kappa shape index (κ1) is 20.3. The van der Waals surface area contributed by atoms with Crippen LogP contribution < -0.4 is 4.90 Å². The average molecular weight is 406 g/mol. The van der Waals surface area contributed by atoms with E-state index >= 15 is 0 Å². The van der Waals surface area contributed by atoms with E-state index in [4.69, 9.17) is 4.98 Å². The third-order valence-electron chi connectivity index (χ3n) is 4.98. The Morgan fingerprint density at radius 2 is 1.73 bits per heavy atom. The lowest BCUT2D eigenvalue weighted by atomic mass is 10.1. The highest BCUT2D eigenvalue weighted by Crippen LogP contribution is 2.25. The Hall–Kier alpha value is -3.02. The van der Waals surface area contributed by atoms with Crippen molar-refractivity contribution in [3.05, 3.63) is 54.4 Å². The van der Waals surface area contributed by atoms with Gasteiger partial charge in [-0.25, -0.2) is 19.3 Å². The molecule has 0 unspecified atom stereocenters. The van der Waals surface area contributed by atoms with Crippen molar-refractivity contribution in [2.24, 2.45) is 11.8 Å². The number of imidazole rings is 1. The van der Waals surface area contributed by atoms with Gasteiger partial charge < -0.3 is 9.30 Å². The van der Waals surface area contributed by atoms with Gasteiger partial charge in [0.1, 0.15) is 0 Å². The van der Waals surface area contributed by atoms with E-state index in [1.807, 2.05) is 25.4 Å². The molecule has 0 N–H and O–H groups in total. The zero-order valence-corrected chi connectivity index (χ0v) is 18.2. The summed E-state index contributed by atoms with van der Waals surface area (Å²) in [4.78, 5) is 15.8. The number of hydrogen-bond acceptors (Lipinski definition) is 4. The fraction of sp³-hybridized carbons (Fsp3) is 0.375. The summed E-state index contributed by atoms with van der Waals surface area (Å²) in [6.45, 7) is 12.8. The highest BCUT2D eigenvalue weighted by atomic mass is 19.1. The largest absolute Gasteiger partial charge is 0.371 e. The molecule has 0 radical (unpaired) electrons. The highest BCUT2D eigenvalue weighted by Gasteiger charge is 2.13. The summed E-state index contributed by atoms with van der Waals surface area (Å²) in [6.07, 6.45) is 5.44. The van der Waals surface area contributed by atoms with Gasteiger partial charge in [0.25, 0.3) is 0 Å².